The lowest BCUT2D eigenvalue weighted by molar-refractivity contribution is -0.132. The van der Waals surface area contributed by atoms with Gasteiger partial charge in [0.1, 0.15) is 0 Å². The smallest absolute Gasteiger partial charge is 0.236 e. The molecule has 0 unspecified atom stereocenters. The number of piperazine rings is 1. The van der Waals surface area contributed by atoms with E-state index in [2.05, 4.69) is 17.3 Å². The molecule has 0 bridgehead atoms. The highest BCUT2D eigenvalue weighted by Gasteiger charge is 2.33. The fraction of sp³-hybridized carbons (Fsp3) is 0.923. The quantitative estimate of drug-likeness (QED) is 0.721. The first kappa shape index (κ1) is 13.8. The van der Waals surface area contributed by atoms with E-state index in [1.807, 2.05) is 4.90 Å². The molecule has 0 spiro atoms. The van der Waals surface area contributed by atoms with Crippen molar-refractivity contribution in [1.82, 2.24) is 15.1 Å². The summed E-state index contributed by atoms with van der Waals surface area (Å²) in [5.41, 5.74) is -0.192. The highest BCUT2D eigenvalue weighted by Crippen LogP contribution is 2.28. The molecule has 2 N–H and O–H groups in total. The fourth-order valence-electron chi connectivity index (χ4n) is 2.87. The normalized spacial score (nSPS) is 24.4. The molecule has 2 aliphatic rings. The van der Waals surface area contributed by atoms with E-state index >= 15 is 0 Å². The van der Waals surface area contributed by atoms with Gasteiger partial charge in [-0.3, -0.25) is 4.79 Å². The SMILES string of the molecule is CN1CCN(C(=O)CNC2(CO)CCCC2)CC1. The summed E-state index contributed by atoms with van der Waals surface area (Å²) < 4.78 is 0. The van der Waals surface area contributed by atoms with E-state index in [1.54, 1.807) is 0 Å². The topological polar surface area (TPSA) is 55.8 Å². The number of hydrogen-bond acceptors (Lipinski definition) is 4. The van der Waals surface area contributed by atoms with Gasteiger partial charge in [0, 0.05) is 31.7 Å². The molecule has 0 aromatic carbocycles. The molecule has 5 nitrogen and oxygen atoms in total. The van der Waals surface area contributed by atoms with Crippen LogP contribution in [-0.2, 0) is 4.79 Å². The molecule has 1 saturated carbocycles. The molecule has 2 fully saturated rings. The molecule has 0 radical (unpaired) electrons. The standard InChI is InChI=1S/C13H25N3O2/c1-15-6-8-16(9-7-15)12(18)10-14-13(11-17)4-2-3-5-13/h14,17H,2-11H2,1H3. The van der Waals surface area contributed by atoms with Crippen molar-refractivity contribution in [3.63, 3.8) is 0 Å². The molecule has 2 rings (SSSR count). The molecule has 1 amide bonds. The molecule has 0 aromatic heterocycles. The van der Waals surface area contributed by atoms with Gasteiger partial charge < -0.3 is 20.2 Å². The van der Waals surface area contributed by atoms with Crippen molar-refractivity contribution >= 4 is 5.91 Å². The minimum absolute atomic E-state index is 0.142. The van der Waals surface area contributed by atoms with E-state index in [1.165, 1.54) is 0 Å². The van der Waals surface area contributed by atoms with Gasteiger partial charge in [0.15, 0.2) is 0 Å². The number of aliphatic hydroxyl groups is 1. The number of rotatable bonds is 4. The molecule has 1 heterocycles. The second kappa shape index (κ2) is 5.99. The summed E-state index contributed by atoms with van der Waals surface area (Å²) in [6.07, 6.45) is 4.27. The van der Waals surface area contributed by atoms with Crippen molar-refractivity contribution in [3.8, 4) is 0 Å². The second-order valence-electron chi connectivity index (χ2n) is 5.68. The lowest BCUT2D eigenvalue weighted by Gasteiger charge is -2.34. The molecule has 18 heavy (non-hydrogen) atoms. The highest BCUT2D eigenvalue weighted by molar-refractivity contribution is 5.78. The Bertz CT molecular complexity index is 282. The highest BCUT2D eigenvalue weighted by atomic mass is 16.3. The largest absolute Gasteiger partial charge is 0.394 e. The van der Waals surface area contributed by atoms with Crippen LogP contribution >= 0.6 is 0 Å². The molecule has 0 atom stereocenters. The Kier molecular flexibility index (Phi) is 4.59. The molecular weight excluding hydrogens is 230 g/mol. The van der Waals surface area contributed by atoms with Gasteiger partial charge in [0.05, 0.1) is 13.2 Å². The maximum Gasteiger partial charge on any atom is 0.236 e. The first-order valence-corrected chi connectivity index (χ1v) is 6.97. The van der Waals surface area contributed by atoms with Crippen LogP contribution in [0, 0.1) is 0 Å². The van der Waals surface area contributed by atoms with Gasteiger partial charge in [-0.05, 0) is 19.9 Å². The summed E-state index contributed by atoms with van der Waals surface area (Å²) in [6.45, 7) is 4.06. The van der Waals surface area contributed by atoms with Gasteiger partial charge in [-0.2, -0.15) is 0 Å². The molecule has 104 valence electrons. The number of carbonyl (C=O) groups is 1. The molecule has 0 aromatic rings. The van der Waals surface area contributed by atoms with E-state index in [0.29, 0.717) is 6.54 Å². The fourth-order valence-corrected chi connectivity index (χ4v) is 2.87. The first-order valence-electron chi connectivity index (χ1n) is 6.97. The number of likely N-dealkylation sites (N-methyl/N-ethyl adjacent to an activating group) is 1. The third-order valence-electron chi connectivity index (χ3n) is 4.33. The Morgan fingerprint density at radius 3 is 2.39 bits per heavy atom. The average molecular weight is 255 g/mol. The lowest BCUT2D eigenvalue weighted by atomic mass is 9.99. The number of nitrogens with zero attached hydrogens (tertiary/aromatic N) is 2. The van der Waals surface area contributed by atoms with Crippen molar-refractivity contribution in [1.29, 1.82) is 0 Å². The maximum atomic E-state index is 12.1. The van der Waals surface area contributed by atoms with Crippen LogP contribution in [0.15, 0.2) is 0 Å². The average Bonchev–Trinajstić information content (AvgIpc) is 2.86. The zero-order valence-electron chi connectivity index (χ0n) is 11.3. The van der Waals surface area contributed by atoms with Crippen LogP contribution in [0.2, 0.25) is 0 Å². The Morgan fingerprint density at radius 1 is 1.22 bits per heavy atom. The lowest BCUT2D eigenvalue weighted by Crippen LogP contribution is -2.53. The van der Waals surface area contributed by atoms with E-state index in [0.717, 1.165) is 51.9 Å². The van der Waals surface area contributed by atoms with Crippen molar-refractivity contribution in [2.75, 3.05) is 46.4 Å². The number of nitrogens with one attached hydrogen (secondary N) is 1. The van der Waals surface area contributed by atoms with Crippen LogP contribution in [-0.4, -0.2) is 72.7 Å². The third kappa shape index (κ3) is 3.22. The predicted octanol–water partition coefficient (Wildman–Crippen LogP) is -0.345. The summed E-state index contributed by atoms with van der Waals surface area (Å²) in [6, 6.07) is 0. The summed E-state index contributed by atoms with van der Waals surface area (Å²) in [5.74, 6) is 0.169. The third-order valence-corrected chi connectivity index (χ3v) is 4.33. The molecule has 5 heteroatoms. The van der Waals surface area contributed by atoms with Crippen LogP contribution in [0.25, 0.3) is 0 Å². The van der Waals surface area contributed by atoms with Crippen molar-refractivity contribution in [2.24, 2.45) is 0 Å². The van der Waals surface area contributed by atoms with Gasteiger partial charge in [-0.25, -0.2) is 0 Å². The molecule has 1 saturated heterocycles. The minimum atomic E-state index is -0.192. The number of aliphatic hydroxyl groups excluding tert-OH is 1. The minimum Gasteiger partial charge on any atom is -0.394 e. The van der Waals surface area contributed by atoms with Gasteiger partial charge in [0.2, 0.25) is 5.91 Å². The summed E-state index contributed by atoms with van der Waals surface area (Å²) in [7, 11) is 2.08. The zero-order chi connectivity index (χ0) is 13.0. The van der Waals surface area contributed by atoms with E-state index in [-0.39, 0.29) is 18.1 Å². The predicted molar refractivity (Wildman–Crippen MR) is 70.4 cm³/mol. The van der Waals surface area contributed by atoms with E-state index < -0.39 is 0 Å². The maximum absolute atomic E-state index is 12.1. The van der Waals surface area contributed by atoms with Gasteiger partial charge in [-0.1, -0.05) is 12.8 Å². The molecule has 1 aliphatic carbocycles. The Balaban J connectivity index is 1.77. The van der Waals surface area contributed by atoms with Gasteiger partial charge in [-0.15, -0.1) is 0 Å². The number of amides is 1. The van der Waals surface area contributed by atoms with Crippen LogP contribution < -0.4 is 5.32 Å². The van der Waals surface area contributed by atoms with E-state index in [9.17, 15) is 9.90 Å². The zero-order valence-corrected chi connectivity index (χ0v) is 11.3. The van der Waals surface area contributed by atoms with Crippen molar-refractivity contribution in [2.45, 2.75) is 31.2 Å². The van der Waals surface area contributed by atoms with Crippen LogP contribution in [0.5, 0.6) is 0 Å². The Morgan fingerprint density at radius 2 is 1.83 bits per heavy atom. The Hall–Kier alpha value is -0.650. The number of hydrogen-bond donors (Lipinski definition) is 2. The van der Waals surface area contributed by atoms with Crippen molar-refractivity contribution < 1.29 is 9.90 Å². The van der Waals surface area contributed by atoms with Crippen LogP contribution in [0.3, 0.4) is 0 Å². The summed E-state index contributed by atoms with van der Waals surface area (Å²) in [5, 5.41) is 12.8. The van der Waals surface area contributed by atoms with Gasteiger partial charge >= 0.3 is 0 Å². The second-order valence-corrected chi connectivity index (χ2v) is 5.68. The Labute approximate surface area is 109 Å². The monoisotopic (exact) mass is 255 g/mol. The summed E-state index contributed by atoms with van der Waals surface area (Å²) >= 11 is 0. The molecular formula is C13H25N3O2. The van der Waals surface area contributed by atoms with Gasteiger partial charge in [0.25, 0.3) is 0 Å². The molecule has 1 aliphatic heterocycles. The van der Waals surface area contributed by atoms with E-state index in [4.69, 9.17) is 0 Å². The number of carbonyl (C=O) groups excluding carboxylic acids is 1. The first-order chi connectivity index (χ1) is 8.65. The summed E-state index contributed by atoms with van der Waals surface area (Å²) in [4.78, 5) is 16.2. The van der Waals surface area contributed by atoms with Crippen molar-refractivity contribution in [3.05, 3.63) is 0 Å². The van der Waals surface area contributed by atoms with Crippen LogP contribution in [0.4, 0.5) is 0 Å². The van der Waals surface area contributed by atoms with Crippen LogP contribution in [0.1, 0.15) is 25.7 Å².